The van der Waals surface area contributed by atoms with Gasteiger partial charge in [0.2, 0.25) is 0 Å². The maximum Gasteiger partial charge on any atom is 0.323 e. The van der Waals surface area contributed by atoms with Crippen molar-refractivity contribution in [3.8, 4) is 0 Å². The summed E-state index contributed by atoms with van der Waals surface area (Å²) in [5, 5.41) is 17.4. The molecule has 0 saturated heterocycles. The summed E-state index contributed by atoms with van der Waals surface area (Å²) in [6.07, 6.45) is 0. The molecule has 0 heterocycles. The lowest BCUT2D eigenvalue weighted by atomic mass is 10.1. The van der Waals surface area contributed by atoms with E-state index in [-0.39, 0.29) is 11.3 Å². The fraction of sp³-hybridized carbons (Fsp3) is 0.250. The fourth-order valence-corrected chi connectivity index (χ4v) is 1.55. The van der Waals surface area contributed by atoms with Gasteiger partial charge in [0.05, 0.1) is 5.56 Å². The molecule has 0 aromatic heterocycles. The van der Waals surface area contributed by atoms with E-state index in [1.807, 2.05) is 0 Å². The first-order chi connectivity index (χ1) is 8.81. The molecule has 0 spiro atoms. The van der Waals surface area contributed by atoms with Crippen molar-refractivity contribution < 1.29 is 24.6 Å². The van der Waals surface area contributed by atoms with Gasteiger partial charge in [-0.3, -0.25) is 14.4 Å². The lowest BCUT2D eigenvalue weighted by molar-refractivity contribution is -0.140. The second kappa shape index (κ2) is 5.85. The average molecular weight is 266 g/mol. The third kappa shape index (κ3) is 3.98. The van der Waals surface area contributed by atoms with Crippen LogP contribution >= 0.6 is 0 Å². The zero-order valence-electron chi connectivity index (χ0n) is 10.3. The lowest BCUT2D eigenvalue weighted by Gasteiger charge is -2.19. The molecule has 1 aromatic carbocycles. The second-order valence-corrected chi connectivity index (χ2v) is 4.04. The molecule has 1 rings (SSSR count). The number of aliphatic carboxylic acids is 2. The monoisotopic (exact) mass is 266 g/mol. The smallest absolute Gasteiger partial charge is 0.323 e. The van der Waals surface area contributed by atoms with Crippen LogP contribution in [0.3, 0.4) is 0 Å². The number of carboxylic acids is 2. The highest BCUT2D eigenvalue weighted by Gasteiger charge is 2.22. The van der Waals surface area contributed by atoms with Gasteiger partial charge in [-0.15, -0.1) is 0 Å². The van der Waals surface area contributed by atoms with Crippen molar-refractivity contribution in [2.45, 2.75) is 6.92 Å². The molecule has 0 bridgehead atoms. The highest BCUT2D eigenvalue weighted by atomic mass is 16.4. The van der Waals surface area contributed by atoms with E-state index in [9.17, 15) is 14.4 Å². The van der Waals surface area contributed by atoms with Crippen LogP contribution in [0.5, 0.6) is 0 Å². The van der Waals surface area contributed by atoms with Crippen molar-refractivity contribution in [2.24, 2.45) is 0 Å². The summed E-state index contributed by atoms with van der Waals surface area (Å²) >= 11 is 0. The Bertz CT molecular complexity index is 511. The highest BCUT2D eigenvalue weighted by molar-refractivity contribution is 6.01. The first kappa shape index (κ1) is 14.5. The van der Waals surface area contributed by atoms with Crippen LogP contribution in [0.1, 0.15) is 15.9 Å². The zero-order valence-corrected chi connectivity index (χ0v) is 10.3. The van der Waals surface area contributed by atoms with Crippen LogP contribution in [0.25, 0.3) is 0 Å². The number of amides is 1. The first-order valence-corrected chi connectivity index (χ1v) is 5.40. The predicted octanol–water partition coefficient (Wildman–Crippen LogP) is 0.189. The van der Waals surface area contributed by atoms with Gasteiger partial charge < -0.3 is 20.8 Å². The third-order valence-corrected chi connectivity index (χ3v) is 2.38. The number of carboxylic acid groups (broad SMARTS) is 2. The SMILES string of the molecule is Cc1ccc(N)c(C(=O)N(CC(=O)O)CC(=O)O)c1. The van der Waals surface area contributed by atoms with Crippen molar-refractivity contribution in [1.29, 1.82) is 0 Å². The van der Waals surface area contributed by atoms with Gasteiger partial charge in [-0.1, -0.05) is 11.6 Å². The molecule has 0 fully saturated rings. The number of carbonyl (C=O) groups is 3. The molecule has 1 amide bonds. The minimum atomic E-state index is -1.29. The molecule has 4 N–H and O–H groups in total. The van der Waals surface area contributed by atoms with Crippen LogP contribution < -0.4 is 5.73 Å². The van der Waals surface area contributed by atoms with Crippen LogP contribution in [0, 0.1) is 6.92 Å². The quantitative estimate of drug-likeness (QED) is 0.654. The Morgan fingerprint density at radius 2 is 1.68 bits per heavy atom. The highest BCUT2D eigenvalue weighted by Crippen LogP contribution is 2.16. The molecule has 0 aliphatic heterocycles. The van der Waals surface area contributed by atoms with Crippen molar-refractivity contribution in [2.75, 3.05) is 18.8 Å². The molecule has 0 radical (unpaired) electrons. The van der Waals surface area contributed by atoms with E-state index >= 15 is 0 Å². The summed E-state index contributed by atoms with van der Waals surface area (Å²) < 4.78 is 0. The van der Waals surface area contributed by atoms with Crippen LogP contribution in [-0.4, -0.2) is 46.0 Å². The molecule has 1 aromatic rings. The molecule has 19 heavy (non-hydrogen) atoms. The summed E-state index contributed by atoms with van der Waals surface area (Å²) in [7, 11) is 0. The van der Waals surface area contributed by atoms with Crippen molar-refractivity contribution in [1.82, 2.24) is 4.90 Å². The van der Waals surface area contributed by atoms with E-state index < -0.39 is 30.9 Å². The van der Waals surface area contributed by atoms with Gasteiger partial charge in [-0.25, -0.2) is 0 Å². The molecule has 7 heteroatoms. The van der Waals surface area contributed by atoms with Crippen molar-refractivity contribution in [3.05, 3.63) is 29.3 Å². The van der Waals surface area contributed by atoms with Crippen LogP contribution in [-0.2, 0) is 9.59 Å². The first-order valence-electron chi connectivity index (χ1n) is 5.40. The van der Waals surface area contributed by atoms with Gasteiger partial charge in [0, 0.05) is 5.69 Å². The normalized spacial score (nSPS) is 9.95. The summed E-state index contributed by atoms with van der Waals surface area (Å²) in [4.78, 5) is 34.1. The van der Waals surface area contributed by atoms with Crippen molar-refractivity contribution >= 4 is 23.5 Å². The van der Waals surface area contributed by atoms with Gasteiger partial charge in [0.1, 0.15) is 13.1 Å². The zero-order chi connectivity index (χ0) is 14.6. The number of hydrogen-bond donors (Lipinski definition) is 3. The van der Waals surface area contributed by atoms with E-state index in [1.54, 1.807) is 13.0 Å². The molecular formula is C12H14N2O5. The van der Waals surface area contributed by atoms with Crippen molar-refractivity contribution in [3.63, 3.8) is 0 Å². The summed E-state index contributed by atoms with van der Waals surface area (Å²) in [6.45, 7) is 0.353. The van der Waals surface area contributed by atoms with Crippen LogP contribution in [0.4, 0.5) is 5.69 Å². The molecule has 7 nitrogen and oxygen atoms in total. The summed E-state index contributed by atoms with van der Waals surface area (Å²) in [5.74, 6) is -3.30. The van der Waals surface area contributed by atoms with Gasteiger partial charge in [-0.2, -0.15) is 0 Å². The minimum absolute atomic E-state index is 0.0995. The number of hydrogen-bond acceptors (Lipinski definition) is 4. The topological polar surface area (TPSA) is 121 Å². The largest absolute Gasteiger partial charge is 0.480 e. The van der Waals surface area contributed by atoms with E-state index in [2.05, 4.69) is 0 Å². The number of rotatable bonds is 5. The molecule has 0 aliphatic rings. The Hall–Kier alpha value is -2.57. The number of nitrogens with two attached hydrogens (primary N) is 1. The molecule has 102 valence electrons. The molecular weight excluding hydrogens is 252 g/mol. The Morgan fingerprint density at radius 3 is 2.16 bits per heavy atom. The number of nitrogens with zero attached hydrogens (tertiary/aromatic N) is 1. The Balaban J connectivity index is 3.07. The Labute approximate surface area is 109 Å². The van der Waals surface area contributed by atoms with E-state index in [1.165, 1.54) is 12.1 Å². The standard InChI is InChI=1S/C12H14N2O5/c1-7-2-3-9(13)8(4-7)12(19)14(5-10(15)16)6-11(17)18/h2-4H,5-6,13H2,1H3,(H,15,16)(H,17,18). The maximum atomic E-state index is 12.1. The second-order valence-electron chi connectivity index (χ2n) is 4.04. The van der Waals surface area contributed by atoms with Gasteiger partial charge in [-0.05, 0) is 19.1 Å². The number of benzene rings is 1. The molecule has 0 saturated carbocycles. The molecule has 0 atom stereocenters. The third-order valence-electron chi connectivity index (χ3n) is 2.38. The van der Waals surface area contributed by atoms with E-state index in [0.717, 1.165) is 10.5 Å². The molecule has 0 unspecified atom stereocenters. The average Bonchev–Trinajstić information content (AvgIpc) is 2.29. The Kier molecular flexibility index (Phi) is 4.46. The number of aryl methyl sites for hydroxylation is 1. The molecule has 0 aliphatic carbocycles. The lowest BCUT2D eigenvalue weighted by Crippen LogP contribution is -2.39. The van der Waals surface area contributed by atoms with Crippen LogP contribution in [0.15, 0.2) is 18.2 Å². The van der Waals surface area contributed by atoms with Gasteiger partial charge >= 0.3 is 11.9 Å². The number of nitrogen functional groups attached to an aromatic ring is 1. The fourth-order valence-electron chi connectivity index (χ4n) is 1.55. The maximum absolute atomic E-state index is 12.1. The predicted molar refractivity (Wildman–Crippen MR) is 66.8 cm³/mol. The van der Waals surface area contributed by atoms with Gasteiger partial charge in [0.15, 0.2) is 0 Å². The van der Waals surface area contributed by atoms with Crippen LogP contribution in [0.2, 0.25) is 0 Å². The minimum Gasteiger partial charge on any atom is -0.480 e. The Morgan fingerprint density at radius 1 is 1.16 bits per heavy atom. The number of carbonyl (C=O) groups excluding carboxylic acids is 1. The van der Waals surface area contributed by atoms with E-state index in [0.29, 0.717) is 0 Å². The van der Waals surface area contributed by atoms with E-state index in [4.69, 9.17) is 15.9 Å². The summed E-state index contributed by atoms with van der Waals surface area (Å²) in [5.41, 5.74) is 6.69. The summed E-state index contributed by atoms with van der Waals surface area (Å²) in [6, 6.07) is 4.71. The van der Waals surface area contributed by atoms with Gasteiger partial charge in [0.25, 0.3) is 5.91 Å². The number of anilines is 1.